The normalized spacial score (nSPS) is 10.3. The van der Waals surface area contributed by atoms with Crippen molar-refractivity contribution in [2.24, 2.45) is 0 Å². The first-order valence-corrected chi connectivity index (χ1v) is 5.45. The molecule has 5 heteroatoms. The van der Waals surface area contributed by atoms with Crippen molar-refractivity contribution in [1.82, 2.24) is 10.2 Å². The lowest BCUT2D eigenvalue weighted by atomic mass is 10.2. The molecule has 1 heterocycles. The Labute approximate surface area is 92.0 Å². The first kappa shape index (κ1) is 9.01. The number of benzene rings is 1. The molecule has 0 radical (unpaired) electrons. The number of aromatic nitrogens is 2. The van der Waals surface area contributed by atoms with Crippen LogP contribution in [-0.4, -0.2) is 10.2 Å². The van der Waals surface area contributed by atoms with E-state index in [1.807, 2.05) is 0 Å². The van der Waals surface area contributed by atoms with Gasteiger partial charge in [-0.2, -0.15) is 0 Å². The molecule has 2 aromatic rings. The van der Waals surface area contributed by atoms with Crippen LogP contribution in [0, 0.1) is 9.39 Å². The molecule has 0 bridgehead atoms. The zero-order chi connectivity index (χ0) is 9.26. The molecule has 0 saturated carbocycles. The van der Waals surface area contributed by atoms with E-state index in [2.05, 4.69) is 32.8 Å². The van der Waals surface area contributed by atoms with Crippen LogP contribution in [-0.2, 0) is 0 Å². The van der Waals surface area contributed by atoms with Crippen LogP contribution in [0.3, 0.4) is 0 Å². The Morgan fingerprint density at radius 1 is 1.38 bits per heavy atom. The SMILES string of the molecule is Fc1ccc(I)c(-c2nncs2)c1. The van der Waals surface area contributed by atoms with Crippen LogP contribution in [0.5, 0.6) is 0 Å². The molecule has 0 amide bonds. The van der Waals surface area contributed by atoms with Crippen LogP contribution in [0.4, 0.5) is 4.39 Å². The van der Waals surface area contributed by atoms with Gasteiger partial charge in [0.2, 0.25) is 0 Å². The van der Waals surface area contributed by atoms with Gasteiger partial charge >= 0.3 is 0 Å². The fourth-order valence-corrected chi connectivity index (χ4v) is 2.31. The first-order chi connectivity index (χ1) is 6.27. The van der Waals surface area contributed by atoms with Gasteiger partial charge in [0.15, 0.2) is 0 Å². The Bertz CT molecular complexity index is 416. The second-order valence-electron chi connectivity index (χ2n) is 2.37. The van der Waals surface area contributed by atoms with Crippen molar-refractivity contribution in [3.8, 4) is 10.6 Å². The molecule has 2 rings (SSSR count). The molecular formula is C8H4FIN2S. The van der Waals surface area contributed by atoms with Gasteiger partial charge in [-0.05, 0) is 40.8 Å². The molecule has 0 aliphatic carbocycles. The summed E-state index contributed by atoms with van der Waals surface area (Å²) in [6, 6.07) is 4.64. The van der Waals surface area contributed by atoms with E-state index in [0.29, 0.717) is 0 Å². The Kier molecular flexibility index (Phi) is 2.54. The quantitative estimate of drug-likeness (QED) is 0.757. The second-order valence-corrected chi connectivity index (χ2v) is 4.36. The summed E-state index contributed by atoms with van der Waals surface area (Å²) >= 11 is 3.56. The van der Waals surface area contributed by atoms with Gasteiger partial charge in [-0.3, -0.25) is 0 Å². The highest BCUT2D eigenvalue weighted by Crippen LogP contribution is 2.26. The van der Waals surface area contributed by atoms with E-state index >= 15 is 0 Å². The molecular weight excluding hydrogens is 302 g/mol. The molecule has 1 aromatic carbocycles. The number of halogens is 2. The molecule has 2 nitrogen and oxygen atoms in total. The van der Waals surface area contributed by atoms with Gasteiger partial charge in [-0.1, -0.05) is 11.3 Å². The van der Waals surface area contributed by atoms with Gasteiger partial charge in [0.05, 0.1) is 0 Å². The van der Waals surface area contributed by atoms with Crippen LogP contribution < -0.4 is 0 Å². The van der Waals surface area contributed by atoms with Crippen molar-refractivity contribution < 1.29 is 4.39 Å². The molecule has 0 N–H and O–H groups in total. The predicted molar refractivity (Wildman–Crippen MR) is 58.0 cm³/mol. The molecule has 13 heavy (non-hydrogen) atoms. The van der Waals surface area contributed by atoms with Crippen molar-refractivity contribution in [3.05, 3.63) is 33.1 Å². The fraction of sp³-hybridized carbons (Fsp3) is 0. The van der Waals surface area contributed by atoms with Crippen molar-refractivity contribution >= 4 is 33.9 Å². The van der Waals surface area contributed by atoms with E-state index in [1.54, 1.807) is 11.6 Å². The summed E-state index contributed by atoms with van der Waals surface area (Å²) < 4.78 is 13.9. The van der Waals surface area contributed by atoms with Gasteiger partial charge in [0.1, 0.15) is 16.3 Å². The Morgan fingerprint density at radius 3 is 2.92 bits per heavy atom. The maximum absolute atomic E-state index is 12.9. The highest BCUT2D eigenvalue weighted by atomic mass is 127. The fourth-order valence-electron chi connectivity index (χ4n) is 0.952. The van der Waals surface area contributed by atoms with Crippen LogP contribution in [0.2, 0.25) is 0 Å². The summed E-state index contributed by atoms with van der Waals surface area (Å²) in [6.07, 6.45) is 0. The monoisotopic (exact) mass is 306 g/mol. The maximum Gasteiger partial charge on any atom is 0.148 e. The summed E-state index contributed by atoms with van der Waals surface area (Å²) in [5.74, 6) is -0.245. The van der Waals surface area contributed by atoms with E-state index in [4.69, 9.17) is 0 Å². The van der Waals surface area contributed by atoms with E-state index in [-0.39, 0.29) is 5.82 Å². The third-order valence-electron chi connectivity index (χ3n) is 1.52. The summed E-state index contributed by atoms with van der Waals surface area (Å²) in [5, 5.41) is 8.35. The van der Waals surface area contributed by atoms with Gasteiger partial charge in [0, 0.05) is 9.13 Å². The van der Waals surface area contributed by atoms with Crippen molar-refractivity contribution in [2.75, 3.05) is 0 Å². The molecule has 0 aliphatic heterocycles. The number of hydrogen-bond acceptors (Lipinski definition) is 3. The molecule has 0 saturated heterocycles. The number of nitrogens with zero attached hydrogens (tertiary/aromatic N) is 2. The van der Waals surface area contributed by atoms with E-state index < -0.39 is 0 Å². The van der Waals surface area contributed by atoms with Gasteiger partial charge < -0.3 is 0 Å². The molecule has 66 valence electrons. The Hall–Kier alpha value is -0.560. The zero-order valence-corrected chi connectivity index (χ0v) is 9.34. The second kappa shape index (κ2) is 3.67. The van der Waals surface area contributed by atoms with Crippen LogP contribution in [0.15, 0.2) is 23.7 Å². The highest BCUT2D eigenvalue weighted by molar-refractivity contribution is 14.1. The van der Waals surface area contributed by atoms with Crippen molar-refractivity contribution in [1.29, 1.82) is 0 Å². The molecule has 0 unspecified atom stereocenters. The standard InChI is InChI=1S/C8H4FIN2S/c9-5-1-2-7(10)6(3-5)8-12-11-4-13-8/h1-4H. The molecule has 0 spiro atoms. The molecule has 0 fully saturated rings. The largest absolute Gasteiger partial charge is 0.207 e. The van der Waals surface area contributed by atoms with E-state index in [9.17, 15) is 4.39 Å². The summed E-state index contributed by atoms with van der Waals surface area (Å²) in [7, 11) is 0. The smallest absolute Gasteiger partial charge is 0.148 e. The highest BCUT2D eigenvalue weighted by Gasteiger charge is 2.06. The maximum atomic E-state index is 12.9. The van der Waals surface area contributed by atoms with Crippen LogP contribution in [0.25, 0.3) is 10.6 Å². The predicted octanol–water partition coefficient (Wildman–Crippen LogP) is 2.95. The Balaban J connectivity index is 2.57. The summed E-state index contributed by atoms with van der Waals surface area (Å²) in [5.41, 5.74) is 2.44. The lowest BCUT2D eigenvalue weighted by molar-refractivity contribution is 0.628. The van der Waals surface area contributed by atoms with E-state index in [1.165, 1.54) is 23.5 Å². The minimum absolute atomic E-state index is 0.245. The van der Waals surface area contributed by atoms with Gasteiger partial charge in [-0.25, -0.2) is 4.39 Å². The molecule has 0 aliphatic rings. The van der Waals surface area contributed by atoms with Crippen LogP contribution >= 0.6 is 33.9 Å². The average molecular weight is 306 g/mol. The first-order valence-electron chi connectivity index (χ1n) is 3.49. The summed E-state index contributed by atoms with van der Waals surface area (Å²) in [6.45, 7) is 0. The van der Waals surface area contributed by atoms with Crippen molar-refractivity contribution in [3.63, 3.8) is 0 Å². The average Bonchev–Trinajstić information content (AvgIpc) is 2.61. The Morgan fingerprint density at radius 2 is 2.23 bits per heavy atom. The number of hydrogen-bond donors (Lipinski definition) is 0. The lowest BCUT2D eigenvalue weighted by Crippen LogP contribution is -1.84. The molecule has 1 aromatic heterocycles. The minimum atomic E-state index is -0.245. The van der Waals surface area contributed by atoms with Gasteiger partial charge in [-0.15, -0.1) is 10.2 Å². The van der Waals surface area contributed by atoms with Gasteiger partial charge in [0.25, 0.3) is 0 Å². The molecule has 0 atom stereocenters. The third kappa shape index (κ3) is 1.86. The van der Waals surface area contributed by atoms with E-state index in [0.717, 1.165) is 14.1 Å². The van der Waals surface area contributed by atoms with Crippen molar-refractivity contribution in [2.45, 2.75) is 0 Å². The lowest BCUT2D eigenvalue weighted by Gasteiger charge is -1.98. The zero-order valence-electron chi connectivity index (χ0n) is 6.37. The third-order valence-corrected chi connectivity index (χ3v) is 3.18. The summed E-state index contributed by atoms with van der Waals surface area (Å²) in [4.78, 5) is 0. The van der Waals surface area contributed by atoms with Crippen LogP contribution in [0.1, 0.15) is 0 Å². The topological polar surface area (TPSA) is 25.8 Å². The minimum Gasteiger partial charge on any atom is -0.207 e. The number of rotatable bonds is 1.